The number of amidine groups is 1. The normalized spacial score (nSPS) is 10.2. The van der Waals surface area contributed by atoms with E-state index in [0.29, 0.717) is 0 Å². The Morgan fingerprint density at radius 2 is 2.25 bits per heavy atom. The first kappa shape index (κ1) is 13.4. The van der Waals surface area contributed by atoms with Crippen molar-refractivity contribution in [2.24, 2.45) is 5.73 Å². The Labute approximate surface area is 109 Å². The maximum absolute atomic E-state index is 7.36. The van der Waals surface area contributed by atoms with Crippen LogP contribution in [0.25, 0.3) is 0 Å². The molecule has 0 aliphatic rings. The fraction of sp³-hybridized carbons (Fsp3) is 0.364. The van der Waals surface area contributed by atoms with E-state index in [1.807, 2.05) is 30.0 Å². The van der Waals surface area contributed by atoms with Crippen molar-refractivity contribution in [3.63, 3.8) is 0 Å². The van der Waals surface area contributed by atoms with Gasteiger partial charge in [0.2, 0.25) is 0 Å². The van der Waals surface area contributed by atoms with Gasteiger partial charge in [0.05, 0.1) is 5.69 Å². The number of anilines is 1. The highest BCUT2D eigenvalue weighted by Gasteiger charge is 2.07. The molecular weight excluding hydrogens is 286 g/mol. The molecule has 3 N–H and O–H groups in total. The van der Waals surface area contributed by atoms with Crippen molar-refractivity contribution < 1.29 is 0 Å². The first-order chi connectivity index (χ1) is 7.56. The number of nitrogens with one attached hydrogen (secondary N) is 1. The summed E-state index contributed by atoms with van der Waals surface area (Å²) in [5, 5.41) is 7.36. The van der Waals surface area contributed by atoms with Crippen LogP contribution in [0.2, 0.25) is 0 Å². The van der Waals surface area contributed by atoms with E-state index in [-0.39, 0.29) is 5.84 Å². The summed E-state index contributed by atoms with van der Waals surface area (Å²) in [6, 6.07) is 5.74. The van der Waals surface area contributed by atoms with Gasteiger partial charge < -0.3 is 10.6 Å². The Kier molecular flexibility index (Phi) is 5.15. The zero-order chi connectivity index (χ0) is 12.1. The molecule has 0 spiro atoms. The van der Waals surface area contributed by atoms with Gasteiger partial charge in [0, 0.05) is 29.4 Å². The second kappa shape index (κ2) is 6.15. The van der Waals surface area contributed by atoms with Gasteiger partial charge in [-0.25, -0.2) is 0 Å². The van der Waals surface area contributed by atoms with Gasteiger partial charge in [-0.3, -0.25) is 5.41 Å². The van der Waals surface area contributed by atoms with Gasteiger partial charge in [0.15, 0.2) is 0 Å². The molecule has 1 aromatic carbocycles. The third-order valence-corrected chi connectivity index (χ3v) is 3.53. The van der Waals surface area contributed by atoms with Crippen LogP contribution in [-0.2, 0) is 0 Å². The molecule has 1 aromatic rings. The van der Waals surface area contributed by atoms with E-state index in [4.69, 9.17) is 11.1 Å². The van der Waals surface area contributed by atoms with Gasteiger partial charge in [-0.1, -0.05) is 0 Å². The summed E-state index contributed by atoms with van der Waals surface area (Å²) < 4.78 is 0.976. The minimum absolute atomic E-state index is 0.0963. The predicted molar refractivity (Wildman–Crippen MR) is 76.8 cm³/mol. The van der Waals surface area contributed by atoms with Crippen LogP contribution in [0.1, 0.15) is 5.56 Å². The van der Waals surface area contributed by atoms with Crippen molar-refractivity contribution in [1.82, 2.24) is 0 Å². The molecule has 88 valence electrons. The molecule has 1 rings (SSSR count). The van der Waals surface area contributed by atoms with E-state index < -0.39 is 0 Å². The fourth-order valence-electron chi connectivity index (χ4n) is 1.33. The fourth-order valence-corrected chi connectivity index (χ4v) is 2.47. The Morgan fingerprint density at radius 1 is 1.56 bits per heavy atom. The third kappa shape index (κ3) is 3.42. The average molecular weight is 302 g/mol. The molecule has 0 aromatic heterocycles. The summed E-state index contributed by atoms with van der Waals surface area (Å²) in [4.78, 5) is 2.19. The quantitative estimate of drug-likeness (QED) is 0.649. The van der Waals surface area contributed by atoms with Crippen LogP contribution >= 0.6 is 27.7 Å². The van der Waals surface area contributed by atoms with Gasteiger partial charge in [-0.2, -0.15) is 11.8 Å². The molecule has 0 saturated carbocycles. The van der Waals surface area contributed by atoms with Crippen molar-refractivity contribution in [2.75, 3.05) is 30.5 Å². The lowest BCUT2D eigenvalue weighted by Crippen LogP contribution is -2.21. The zero-order valence-electron chi connectivity index (χ0n) is 9.46. The summed E-state index contributed by atoms with van der Waals surface area (Å²) in [7, 11) is 2.06. The molecule has 0 atom stereocenters. The molecular formula is C11H16BrN3S. The number of rotatable bonds is 5. The van der Waals surface area contributed by atoms with Crippen LogP contribution in [0.15, 0.2) is 22.7 Å². The Morgan fingerprint density at radius 3 is 2.75 bits per heavy atom. The van der Waals surface area contributed by atoms with Crippen LogP contribution < -0.4 is 10.6 Å². The number of hydrogen-bond acceptors (Lipinski definition) is 3. The monoisotopic (exact) mass is 301 g/mol. The maximum Gasteiger partial charge on any atom is 0.122 e. The Hall–Kier alpha value is -0.680. The summed E-state index contributed by atoms with van der Waals surface area (Å²) in [5.41, 5.74) is 7.30. The number of nitrogens with zero attached hydrogens (tertiary/aromatic N) is 1. The summed E-state index contributed by atoms with van der Waals surface area (Å²) in [6.45, 7) is 0.999. The molecule has 0 fully saturated rings. The van der Waals surface area contributed by atoms with E-state index in [2.05, 4.69) is 34.1 Å². The predicted octanol–water partition coefficient (Wildman–Crippen LogP) is 2.53. The number of thioether (sulfide) groups is 1. The lowest BCUT2D eigenvalue weighted by Gasteiger charge is -2.20. The molecule has 5 heteroatoms. The van der Waals surface area contributed by atoms with E-state index in [9.17, 15) is 0 Å². The summed E-state index contributed by atoms with van der Waals surface area (Å²) >= 11 is 5.33. The first-order valence-corrected chi connectivity index (χ1v) is 7.09. The minimum Gasteiger partial charge on any atom is -0.384 e. The highest BCUT2D eigenvalue weighted by atomic mass is 79.9. The topological polar surface area (TPSA) is 53.1 Å². The molecule has 0 aliphatic carbocycles. The number of nitrogen functional groups attached to an aromatic ring is 1. The highest BCUT2D eigenvalue weighted by molar-refractivity contribution is 9.10. The smallest absolute Gasteiger partial charge is 0.122 e. The summed E-state index contributed by atoms with van der Waals surface area (Å²) in [5.74, 6) is 1.19. The highest BCUT2D eigenvalue weighted by Crippen LogP contribution is 2.26. The molecule has 0 heterocycles. The maximum atomic E-state index is 7.36. The molecule has 0 saturated heterocycles. The largest absolute Gasteiger partial charge is 0.384 e. The standard InChI is InChI=1S/C11H16BrN3S/c1-15(5-6-16-2)10-4-3-8(11(13)14)7-9(10)12/h3-4,7H,5-6H2,1-2H3,(H3,13,14). The molecule has 3 nitrogen and oxygen atoms in total. The Bertz CT molecular complexity index is 381. The number of hydrogen-bond donors (Lipinski definition) is 2. The van der Waals surface area contributed by atoms with Gasteiger partial charge in [0.1, 0.15) is 5.84 Å². The molecule has 0 amide bonds. The van der Waals surface area contributed by atoms with Gasteiger partial charge in [-0.05, 0) is 40.4 Å². The number of halogens is 1. The average Bonchev–Trinajstić information content (AvgIpc) is 2.25. The lowest BCUT2D eigenvalue weighted by atomic mass is 10.2. The van der Waals surface area contributed by atoms with Crippen molar-refractivity contribution in [3.05, 3.63) is 28.2 Å². The molecule has 0 aliphatic heterocycles. The van der Waals surface area contributed by atoms with Gasteiger partial charge in [0.25, 0.3) is 0 Å². The van der Waals surface area contributed by atoms with Crippen molar-refractivity contribution >= 4 is 39.2 Å². The van der Waals surface area contributed by atoms with E-state index in [1.165, 1.54) is 0 Å². The lowest BCUT2D eigenvalue weighted by molar-refractivity contribution is 0.974. The molecule has 0 bridgehead atoms. The minimum atomic E-state index is 0.0963. The second-order valence-electron chi connectivity index (χ2n) is 3.49. The van der Waals surface area contributed by atoms with Gasteiger partial charge >= 0.3 is 0 Å². The zero-order valence-corrected chi connectivity index (χ0v) is 11.9. The molecule has 0 unspecified atom stereocenters. The van der Waals surface area contributed by atoms with E-state index >= 15 is 0 Å². The third-order valence-electron chi connectivity index (χ3n) is 2.30. The van der Waals surface area contributed by atoms with Crippen molar-refractivity contribution in [3.8, 4) is 0 Å². The van der Waals surface area contributed by atoms with Crippen LogP contribution in [0.5, 0.6) is 0 Å². The van der Waals surface area contributed by atoms with E-state index in [0.717, 1.165) is 28.0 Å². The van der Waals surface area contributed by atoms with Gasteiger partial charge in [-0.15, -0.1) is 0 Å². The molecule has 0 radical (unpaired) electrons. The number of benzene rings is 1. The van der Waals surface area contributed by atoms with Crippen LogP contribution in [-0.4, -0.2) is 31.4 Å². The first-order valence-electron chi connectivity index (χ1n) is 4.90. The SMILES string of the molecule is CSCCN(C)c1ccc(C(=N)N)cc1Br. The van der Waals surface area contributed by atoms with Crippen LogP contribution in [0.4, 0.5) is 5.69 Å². The number of nitrogens with two attached hydrogens (primary N) is 1. The Balaban J connectivity index is 2.85. The van der Waals surface area contributed by atoms with Crippen LogP contribution in [0.3, 0.4) is 0 Å². The molecule has 16 heavy (non-hydrogen) atoms. The van der Waals surface area contributed by atoms with E-state index in [1.54, 1.807) is 0 Å². The van der Waals surface area contributed by atoms with Crippen molar-refractivity contribution in [2.45, 2.75) is 0 Å². The van der Waals surface area contributed by atoms with Crippen molar-refractivity contribution in [1.29, 1.82) is 5.41 Å². The van der Waals surface area contributed by atoms with Crippen LogP contribution in [0, 0.1) is 5.41 Å². The second-order valence-corrected chi connectivity index (χ2v) is 5.33. The summed E-state index contributed by atoms with van der Waals surface area (Å²) in [6.07, 6.45) is 2.10.